The molecule has 0 spiro atoms. The number of thioether (sulfide) groups is 1. The molecule has 0 amide bonds. The van der Waals surface area contributed by atoms with Crippen LogP contribution in [0, 0.1) is 24.7 Å². The lowest BCUT2D eigenvalue weighted by atomic mass is 9.48. The zero-order valence-electron chi connectivity index (χ0n) is 18.0. The van der Waals surface area contributed by atoms with E-state index in [-0.39, 0.29) is 5.41 Å². The summed E-state index contributed by atoms with van der Waals surface area (Å²) < 4.78 is 0. The van der Waals surface area contributed by atoms with Gasteiger partial charge in [-0.1, -0.05) is 43.4 Å². The molecule has 5 fully saturated rings. The highest BCUT2D eigenvalue weighted by atomic mass is 32.2. The van der Waals surface area contributed by atoms with E-state index in [4.69, 9.17) is 12.6 Å². The maximum absolute atomic E-state index is 11.4. The van der Waals surface area contributed by atoms with E-state index in [9.17, 15) is 5.11 Å². The third-order valence-corrected chi connectivity index (χ3v) is 10.9. The maximum atomic E-state index is 11.4. The lowest BCUT2D eigenvalue weighted by molar-refractivity contribution is -0.00619. The van der Waals surface area contributed by atoms with Gasteiger partial charge in [0.25, 0.3) is 0 Å². The van der Waals surface area contributed by atoms with Gasteiger partial charge in [0.1, 0.15) is 5.75 Å². The number of aromatic hydroxyl groups is 1. The summed E-state index contributed by atoms with van der Waals surface area (Å²) in [7, 11) is 0. The average Bonchev–Trinajstić information content (AvgIpc) is 2.65. The summed E-state index contributed by atoms with van der Waals surface area (Å²) in [4.78, 5) is 0. The van der Waals surface area contributed by atoms with Gasteiger partial charge < -0.3 is 5.11 Å². The SMILES string of the molecule is Cc1cc(CSC2CCCCCCC2S)c(O)c(C23CC4CC(CC(C4)C2)C3)c1. The molecule has 2 atom stereocenters. The van der Waals surface area contributed by atoms with Crippen molar-refractivity contribution in [3.63, 3.8) is 0 Å². The summed E-state index contributed by atoms with van der Waals surface area (Å²) in [5.74, 6) is 4.33. The van der Waals surface area contributed by atoms with Gasteiger partial charge in [0.05, 0.1) is 0 Å². The van der Waals surface area contributed by atoms with Crippen molar-refractivity contribution in [2.45, 2.75) is 106 Å². The molecule has 0 saturated heterocycles. The fourth-order valence-electron chi connectivity index (χ4n) is 7.63. The van der Waals surface area contributed by atoms with Gasteiger partial charge in [-0.15, -0.1) is 0 Å². The fourth-order valence-corrected chi connectivity index (χ4v) is 9.53. The highest BCUT2D eigenvalue weighted by Crippen LogP contribution is 2.62. The predicted molar refractivity (Wildman–Crippen MR) is 128 cm³/mol. The third-order valence-electron chi connectivity index (χ3n) is 8.56. The van der Waals surface area contributed by atoms with Crippen molar-refractivity contribution in [1.29, 1.82) is 0 Å². The molecule has 5 aliphatic rings. The van der Waals surface area contributed by atoms with E-state index in [1.54, 1.807) is 0 Å². The number of aryl methyl sites for hydroxylation is 1. The van der Waals surface area contributed by atoms with E-state index >= 15 is 0 Å². The fraction of sp³-hybridized carbons (Fsp3) is 0.769. The van der Waals surface area contributed by atoms with Gasteiger partial charge in [0.15, 0.2) is 0 Å². The highest BCUT2D eigenvalue weighted by Gasteiger charge is 2.52. The van der Waals surface area contributed by atoms with E-state index < -0.39 is 0 Å². The van der Waals surface area contributed by atoms with Crippen molar-refractivity contribution < 1.29 is 5.11 Å². The van der Waals surface area contributed by atoms with Gasteiger partial charge in [0.2, 0.25) is 0 Å². The quantitative estimate of drug-likeness (QED) is 0.485. The van der Waals surface area contributed by atoms with Crippen molar-refractivity contribution in [2.24, 2.45) is 17.8 Å². The van der Waals surface area contributed by atoms with Crippen LogP contribution in [0.15, 0.2) is 12.1 Å². The number of thiol groups is 1. The number of hydrogen-bond donors (Lipinski definition) is 2. The highest BCUT2D eigenvalue weighted by molar-refractivity contribution is 8.00. The third kappa shape index (κ3) is 4.12. The van der Waals surface area contributed by atoms with Crippen molar-refractivity contribution >= 4 is 24.4 Å². The van der Waals surface area contributed by atoms with E-state index in [1.165, 1.54) is 93.7 Å². The van der Waals surface area contributed by atoms with Crippen molar-refractivity contribution in [3.05, 3.63) is 28.8 Å². The van der Waals surface area contributed by atoms with Crippen molar-refractivity contribution in [2.75, 3.05) is 0 Å². The first-order valence-corrected chi connectivity index (χ1v) is 13.7. The molecule has 29 heavy (non-hydrogen) atoms. The first-order valence-electron chi connectivity index (χ1n) is 12.1. The van der Waals surface area contributed by atoms with Crippen LogP contribution < -0.4 is 0 Å². The van der Waals surface area contributed by atoms with Crippen LogP contribution in [0.4, 0.5) is 0 Å². The molecular weight excluding hydrogens is 392 g/mol. The molecule has 0 aromatic heterocycles. The zero-order valence-corrected chi connectivity index (χ0v) is 19.7. The van der Waals surface area contributed by atoms with Gasteiger partial charge in [-0.2, -0.15) is 24.4 Å². The summed E-state index contributed by atoms with van der Waals surface area (Å²) in [6.07, 6.45) is 16.3. The Morgan fingerprint density at radius 2 is 1.59 bits per heavy atom. The normalized spacial score (nSPS) is 39.3. The molecule has 2 unspecified atom stereocenters. The molecule has 4 bridgehead atoms. The Morgan fingerprint density at radius 3 is 2.24 bits per heavy atom. The number of phenolic OH excluding ortho intramolecular Hbond substituents is 1. The second-order valence-corrected chi connectivity index (χ2v) is 12.8. The summed E-state index contributed by atoms with van der Waals surface area (Å²) in [6.45, 7) is 2.23. The summed E-state index contributed by atoms with van der Waals surface area (Å²) in [5, 5.41) is 12.6. The lowest BCUT2D eigenvalue weighted by Gasteiger charge is -2.57. The van der Waals surface area contributed by atoms with E-state index in [2.05, 4.69) is 30.8 Å². The Kier molecular flexibility index (Phi) is 5.93. The van der Waals surface area contributed by atoms with Gasteiger partial charge >= 0.3 is 0 Å². The van der Waals surface area contributed by atoms with E-state index in [0.29, 0.717) is 16.2 Å². The van der Waals surface area contributed by atoms with E-state index in [1.807, 2.05) is 0 Å². The average molecular weight is 431 g/mol. The minimum Gasteiger partial charge on any atom is -0.507 e. The van der Waals surface area contributed by atoms with Crippen LogP contribution in [0.25, 0.3) is 0 Å². The molecule has 3 heteroatoms. The topological polar surface area (TPSA) is 20.2 Å². The number of phenols is 1. The van der Waals surface area contributed by atoms with Crippen molar-refractivity contribution in [3.8, 4) is 5.75 Å². The second-order valence-electron chi connectivity index (χ2n) is 10.9. The minimum absolute atomic E-state index is 0.274. The Labute approximate surface area is 187 Å². The Balaban J connectivity index is 1.37. The summed E-state index contributed by atoms with van der Waals surface area (Å²) in [5.41, 5.74) is 4.11. The monoisotopic (exact) mass is 430 g/mol. The van der Waals surface area contributed by atoms with E-state index in [0.717, 1.165) is 23.5 Å². The molecule has 5 saturated carbocycles. The first-order chi connectivity index (χ1) is 14.0. The maximum Gasteiger partial charge on any atom is 0.123 e. The molecule has 1 nitrogen and oxygen atoms in total. The predicted octanol–water partition coefficient (Wildman–Crippen LogP) is 7.42. The Bertz CT molecular complexity index is 707. The molecule has 1 N–H and O–H groups in total. The number of benzene rings is 1. The van der Waals surface area contributed by atoms with Gasteiger partial charge in [0, 0.05) is 27.4 Å². The number of hydrogen-bond acceptors (Lipinski definition) is 3. The summed E-state index contributed by atoms with van der Waals surface area (Å²) >= 11 is 7.00. The van der Waals surface area contributed by atoms with Gasteiger partial charge in [-0.3, -0.25) is 0 Å². The molecule has 0 heterocycles. The zero-order chi connectivity index (χ0) is 20.0. The van der Waals surface area contributed by atoms with Crippen molar-refractivity contribution in [1.82, 2.24) is 0 Å². The van der Waals surface area contributed by atoms with Crippen LogP contribution in [0.1, 0.15) is 93.7 Å². The Morgan fingerprint density at radius 1 is 0.966 bits per heavy atom. The summed E-state index contributed by atoms with van der Waals surface area (Å²) in [6, 6.07) is 4.59. The van der Waals surface area contributed by atoms with Crippen LogP contribution in [-0.2, 0) is 11.2 Å². The molecule has 0 radical (unpaired) electrons. The molecule has 1 aromatic carbocycles. The van der Waals surface area contributed by atoms with Crippen LogP contribution in [0.3, 0.4) is 0 Å². The molecule has 160 valence electrons. The van der Waals surface area contributed by atoms with Crippen LogP contribution in [0.2, 0.25) is 0 Å². The standard InChI is InChI=1S/C26H38OS2/c1-17-8-21(16-29-24-7-5-3-2-4-6-23(24)28)25(27)22(9-17)26-13-18-10-19(14-26)12-20(11-18)15-26/h8-9,18-20,23-24,27-28H,2-7,10-16H2,1H3. The van der Waals surface area contributed by atoms with Crippen LogP contribution in [0.5, 0.6) is 5.75 Å². The number of rotatable bonds is 4. The van der Waals surface area contributed by atoms with Gasteiger partial charge in [-0.05, 0) is 81.5 Å². The largest absolute Gasteiger partial charge is 0.507 e. The lowest BCUT2D eigenvalue weighted by Crippen LogP contribution is -2.48. The smallest absolute Gasteiger partial charge is 0.123 e. The molecular formula is C26H38OS2. The molecule has 0 aliphatic heterocycles. The molecule has 6 rings (SSSR count). The van der Waals surface area contributed by atoms with Crippen LogP contribution >= 0.6 is 24.4 Å². The molecule has 1 aromatic rings. The molecule has 5 aliphatic carbocycles. The van der Waals surface area contributed by atoms with Gasteiger partial charge in [-0.25, -0.2) is 0 Å². The minimum atomic E-state index is 0.274. The Hall–Kier alpha value is -0.280. The second kappa shape index (κ2) is 8.34. The van der Waals surface area contributed by atoms with Crippen LogP contribution in [-0.4, -0.2) is 15.6 Å². The first kappa shape index (κ1) is 20.6.